The molecule has 4 nitrogen and oxygen atoms in total. The lowest BCUT2D eigenvalue weighted by Gasteiger charge is -2.12. The first-order valence-corrected chi connectivity index (χ1v) is 9.77. The van der Waals surface area contributed by atoms with Crippen molar-refractivity contribution in [2.24, 2.45) is 0 Å². The van der Waals surface area contributed by atoms with Gasteiger partial charge in [-0.25, -0.2) is 0 Å². The Morgan fingerprint density at radius 1 is 1.20 bits per heavy atom. The van der Waals surface area contributed by atoms with Crippen molar-refractivity contribution < 1.29 is 4.74 Å². The summed E-state index contributed by atoms with van der Waals surface area (Å²) < 4.78 is 8.09. The third-order valence-electron chi connectivity index (χ3n) is 3.86. The fraction of sp³-hybridized carbons (Fsp3) is 0.263. The van der Waals surface area contributed by atoms with Crippen LogP contribution in [0.1, 0.15) is 30.8 Å². The third kappa shape index (κ3) is 4.38. The summed E-state index contributed by atoms with van der Waals surface area (Å²) in [7, 11) is 0. The van der Waals surface area contributed by atoms with Gasteiger partial charge in [-0.1, -0.05) is 42.5 Å². The first-order chi connectivity index (χ1) is 12.1. The van der Waals surface area contributed by atoms with Gasteiger partial charge in [0.2, 0.25) is 0 Å². The van der Waals surface area contributed by atoms with Crippen LogP contribution in [-0.4, -0.2) is 15.9 Å². The molecule has 0 fully saturated rings. The van der Waals surface area contributed by atoms with Crippen molar-refractivity contribution in [1.29, 1.82) is 0 Å². The van der Waals surface area contributed by atoms with Crippen LogP contribution in [-0.2, 0) is 6.42 Å². The number of nitrogens with zero attached hydrogens (tertiary/aromatic N) is 2. The van der Waals surface area contributed by atoms with E-state index < -0.39 is 0 Å². The highest BCUT2D eigenvalue weighted by Crippen LogP contribution is 2.21. The van der Waals surface area contributed by atoms with Crippen molar-refractivity contribution >= 4 is 27.3 Å². The second-order valence-electron chi connectivity index (χ2n) is 5.78. The summed E-state index contributed by atoms with van der Waals surface area (Å²) in [6.07, 6.45) is 1.81. The maximum Gasteiger partial charge on any atom is 0.329 e. The number of benzene rings is 2. The molecule has 0 amide bonds. The minimum atomic E-state index is -0.0846. The molecule has 1 heterocycles. The number of rotatable bonds is 6. The number of halogens is 1. The molecule has 1 atom stereocenters. The van der Waals surface area contributed by atoms with E-state index in [4.69, 9.17) is 4.74 Å². The lowest BCUT2D eigenvalue weighted by Crippen LogP contribution is -2.12. The Bertz CT molecular complexity index is 902. The SMILES string of the molecule is CCC(C)Oc1ccc(Cc2nn(-c3ccccc3Br)c(=O)s2)cc1. The first-order valence-electron chi connectivity index (χ1n) is 8.16. The van der Waals surface area contributed by atoms with Gasteiger partial charge < -0.3 is 4.74 Å². The average molecular weight is 419 g/mol. The number of hydrogen-bond donors (Lipinski definition) is 0. The lowest BCUT2D eigenvalue weighted by molar-refractivity contribution is 0.217. The highest BCUT2D eigenvalue weighted by Gasteiger charge is 2.11. The quantitative estimate of drug-likeness (QED) is 0.575. The van der Waals surface area contributed by atoms with Gasteiger partial charge in [-0.15, -0.1) is 0 Å². The minimum Gasteiger partial charge on any atom is -0.491 e. The molecule has 3 aromatic rings. The molecule has 1 unspecified atom stereocenters. The van der Waals surface area contributed by atoms with E-state index in [1.807, 2.05) is 48.5 Å². The smallest absolute Gasteiger partial charge is 0.329 e. The molecular formula is C19H19BrN2O2S. The van der Waals surface area contributed by atoms with Crippen LogP contribution in [0.4, 0.5) is 0 Å². The van der Waals surface area contributed by atoms with E-state index in [1.54, 1.807) is 0 Å². The van der Waals surface area contributed by atoms with Gasteiger partial charge in [0.05, 0.1) is 11.8 Å². The number of para-hydroxylation sites is 1. The fourth-order valence-electron chi connectivity index (χ4n) is 2.34. The first kappa shape index (κ1) is 17.9. The Hall–Kier alpha value is -1.92. The van der Waals surface area contributed by atoms with Gasteiger partial charge in [0, 0.05) is 10.9 Å². The van der Waals surface area contributed by atoms with Crippen molar-refractivity contribution in [2.45, 2.75) is 32.8 Å². The topological polar surface area (TPSA) is 44.1 Å². The highest BCUT2D eigenvalue weighted by molar-refractivity contribution is 9.10. The Labute approximate surface area is 159 Å². The molecule has 130 valence electrons. The van der Waals surface area contributed by atoms with E-state index in [0.29, 0.717) is 6.42 Å². The molecule has 0 spiro atoms. The van der Waals surface area contributed by atoms with Crippen molar-refractivity contribution in [3.05, 3.63) is 73.2 Å². The minimum absolute atomic E-state index is 0.0846. The molecule has 0 aliphatic rings. The summed E-state index contributed by atoms with van der Waals surface area (Å²) in [6.45, 7) is 4.15. The van der Waals surface area contributed by atoms with Crippen LogP contribution in [0.2, 0.25) is 0 Å². The zero-order valence-corrected chi connectivity index (χ0v) is 16.5. The van der Waals surface area contributed by atoms with Crippen LogP contribution in [0.3, 0.4) is 0 Å². The molecule has 0 aliphatic heterocycles. The van der Waals surface area contributed by atoms with E-state index in [9.17, 15) is 4.79 Å². The molecule has 0 aliphatic carbocycles. The molecular weight excluding hydrogens is 400 g/mol. The summed E-state index contributed by atoms with van der Waals surface area (Å²) in [5.74, 6) is 0.866. The van der Waals surface area contributed by atoms with Gasteiger partial charge in [-0.05, 0) is 59.1 Å². The van der Waals surface area contributed by atoms with Crippen molar-refractivity contribution in [3.63, 3.8) is 0 Å². The van der Waals surface area contributed by atoms with Gasteiger partial charge in [0.25, 0.3) is 0 Å². The van der Waals surface area contributed by atoms with Crippen molar-refractivity contribution in [2.75, 3.05) is 0 Å². The van der Waals surface area contributed by atoms with Crippen LogP contribution in [0, 0.1) is 0 Å². The van der Waals surface area contributed by atoms with Gasteiger partial charge in [-0.2, -0.15) is 9.78 Å². The largest absolute Gasteiger partial charge is 0.491 e. The molecule has 0 bridgehead atoms. The second kappa shape index (κ2) is 7.97. The fourth-order valence-corrected chi connectivity index (χ4v) is 3.58. The molecule has 0 N–H and O–H groups in total. The van der Waals surface area contributed by atoms with Gasteiger partial charge in [0.15, 0.2) is 0 Å². The maximum atomic E-state index is 12.3. The molecule has 0 saturated heterocycles. The average Bonchev–Trinajstić information content (AvgIpc) is 2.97. The molecule has 0 radical (unpaired) electrons. The molecule has 2 aromatic carbocycles. The summed E-state index contributed by atoms with van der Waals surface area (Å²) in [6, 6.07) is 15.5. The lowest BCUT2D eigenvalue weighted by atomic mass is 10.1. The van der Waals surface area contributed by atoms with Crippen LogP contribution in [0.25, 0.3) is 5.69 Å². The number of ether oxygens (including phenoxy) is 1. The zero-order valence-electron chi connectivity index (χ0n) is 14.1. The summed E-state index contributed by atoms with van der Waals surface area (Å²) in [4.78, 5) is 12.2. The maximum absolute atomic E-state index is 12.3. The standard InChI is InChI=1S/C19H19BrN2O2S/c1-3-13(2)24-15-10-8-14(9-11-15)12-18-21-22(19(23)25-18)17-7-5-4-6-16(17)20/h4-11,13H,3,12H2,1-2H3. The number of aromatic nitrogens is 2. The van der Waals surface area contributed by atoms with Crippen LogP contribution in [0.15, 0.2) is 57.8 Å². The van der Waals surface area contributed by atoms with E-state index in [0.717, 1.165) is 32.9 Å². The Morgan fingerprint density at radius 3 is 2.60 bits per heavy atom. The van der Waals surface area contributed by atoms with Crippen molar-refractivity contribution in [1.82, 2.24) is 9.78 Å². The Morgan fingerprint density at radius 2 is 1.92 bits per heavy atom. The Kier molecular flexibility index (Phi) is 5.71. The van der Waals surface area contributed by atoms with Crippen LogP contribution >= 0.6 is 27.3 Å². The van der Waals surface area contributed by atoms with E-state index in [1.165, 1.54) is 16.0 Å². The predicted octanol–water partition coefficient (Wildman–Crippen LogP) is 4.82. The van der Waals surface area contributed by atoms with E-state index in [-0.39, 0.29) is 11.0 Å². The summed E-state index contributed by atoms with van der Waals surface area (Å²) in [5, 5.41) is 5.27. The van der Waals surface area contributed by atoms with Crippen LogP contribution < -0.4 is 9.61 Å². The predicted molar refractivity (Wildman–Crippen MR) is 105 cm³/mol. The molecule has 25 heavy (non-hydrogen) atoms. The van der Waals surface area contributed by atoms with Gasteiger partial charge in [0.1, 0.15) is 10.8 Å². The Balaban J connectivity index is 1.77. The summed E-state index contributed by atoms with van der Waals surface area (Å²) in [5.41, 5.74) is 1.86. The van der Waals surface area contributed by atoms with Crippen LogP contribution in [0.5, 0.6) is 5.75 Å². The normalized spacial score (nSPS) is 12.1. The van der Waals surface area contributed by atoms with E-state index >= 15 is 0 Å². The third-order valence-corrected chi connectivity index (χ3v) is 5.34. The molecule has 1 aromatic heterocycles. The van der Waals surface area contributed by atoms with Gasteiger partial charge in [-0.3, -0.25) is 4.79 Å². The van der Waals surface area contributed by atoms with Gasteiger partial charge >= 0.3 is 4.87 Å². The highest BCUT2D eigenvalue weighted by atomic mass is 79.9. The molecule has 0 saturated carbocycles. The number of hydrogen-bond acceptors (Lipinski definition) is 4. The molecule has 6 heteroatoms. The summed E-state index contributed by atoms with van der Waals surface area (Å²) >= 11 is 4.64. The second-order valence-corrected chi connectivity index (χ2v) is 7.66. The zero-order chi connectivity index (χ0) is 17.8. The van der Waals surface area contributed by atoms with Crippen molar-refractivity contribution in [3.8, 4) is 11.4 Å². The monoisotopic (exact) mass is 418 g/mol. The molecule has 3 rings (SSSR count). The van der Waals surface area contributed by atoms with E-state index in [2.05, 4.69) is 34.9 Å².